The van der Waals surface area contributed by atoms with Crippen molar-refractivity contribution in [2.24, 2.45) is 0 Å². The second-order valence-corrected chi connectivity index (χ2v) is 4.60. The number of carbonyl (C=O) groups is 2. The molecule has 0 saturated carbocycles. The van der Waals surface area contributed by atoms with Crippen LogP contribution in [0.4, 0.5) is 0 Å². The second-order valence-electron chi connectivity index (χ2n) is 4.60. The van der Waals surface area contributed by atoms with Gasteiger partial charge >= 0.3 is 5.97 Å². The molecule has 0 aliphatic heterocycles. The molecule has 21 heavy (non-hydrogen) atoms. The summed E-state index contributed by atoms with van der Waals surface area (Å²) in [6.45, 7) is 1.69. The third-order valence-corrected chi connectivity index (χ3v) is 2.99. The molecule has 0 bridgehead atoms. The smallest absolute Gasteiger partial charge is 0.305 e. The molecule has 0 unspecified atom stereocenters. The van der Waals surface area contributed by atoms with Crippen LogP contribution >= 0.6 is 0 Å². The molecule has 1 amide bonds. The Morgan fingerprint density at radius 1 is 1.29 bits per heavy atom. The van der Waals surface area contributed by atoms with E-state index in [1.165, 1.54) is 0 Å². The summed E-state index contributed by atoms with van der Waals surface area (Å²) < 4.78 is 4.53. The molecule has 2 aromatic rings. The van der Waals surface area contributed by atoms with Crippen LogP contribution in [-0.2, 0) is 16.0 Å². The molecule has 1 aromatic carbocycles. The van der Waals surface area contributed by atoms with Crippen LogP contribution in [0.3, 0.4) is 0 Å². The van der Waals surface area contributed by atoms with Gasteiger partial charge in [-0.15, -0.1) is 0 Å². The number of nitrogens with one attached hydrogen (secondary N) is 1. The van der Waals surface area contributed by atoms with Gasteiger partial charge in [0.2, 0.25) is 5.91 Å². The normalized spacial score (nSPS) is 11.9. The SMILES string of the molecule is Cc1nonc1CC(=O)N[C@H](CC(=O)O)c1ccccc1. The molecule has 7 nitrogen and oxygen atoms in total. The largest absolute Gasteiger partial charge is 0.481 e. The predicted octanol–water partition coefficient (Wildman–Crippen LogP) is 1.25. The van der Waals surface area contributed by atoms with Crippen LogP contribution in [0.1, 0.15) is 29.4 Å². The molecule has 0 aliphatic rings. The fraction of sp³-hybridized carbons (Fsp3) is 0.286. The Bertz CT molecular complexity index is 624. The summed E-state index contributed by atoms with van der Waals surface area (Å²) in [4.78, 5) is 23.0. The van der Waals surface area contributed by atoms with Gasteiger partial charge in [0, 0.05) is 0 Å². The fourth-order valence-corrected chi connectivity index (χ4v) is 1.92. The minimum Gasteiger partial charge on any atom is -0.481 e. The van der Waals surface area contributed by atoms with Crippen molar-refractivity contribution in [1.29, 1.82) is 0 Å². The average Bonchev–Trinajstić information content (AvgIpc) is 2.84. The molecule has 2 N–H and O–H groups in total. The molecule has 1 heterocycles. The van der Waals surface area contributed by atoms with E-state index in [2.05, 4.69) is 20.3 Å². The van der Waals surface area contributed by atoms with Gasteiger partial charge in [0.15, 0.2) is 0 Å². The van der Waals surface area contributed by atoms with Crippen LogP contribution in [0.5, 0.6) is 0 Å². The predicted molar refractivity (Wildman–Crippen MR) is 72.3 cm³/mol. The molecule has 0 saturated heterocycles. The molecule has 1 aromatic heterocycles. The monoisotopic (exact) mass is 289 g/mol. The first-order valence-electron chi connectivity index (χ1n) is 6.40. The van der Waals surface area contributed by atoms with Crippen molar-refractivity contribution in [3.63, 3.8) is 0 Å². The average molecular weight is 289 g/mol. The van der Waals surface area contributed by atoms with Crippen molar-refractivity contribution < 1.29 is 19.3 Å². The number of hydrogen-bond acceptors (Lipinski definition) is 5. The van der Waals surface area contributed by atoms with E-state index < -0.39 is 12.0 Å². The molecular formula is C14H15N3O4. The number of rotatable bonds is 6. The van der Waals surface area contributed by atoms with E-state index in [1.54, 1.807) is 31.2 Å². The summed E-state index contributed by atoms with van der Waals surface area (Å²) in [6, 6.07) is 8.38. The Hall–Kier alpha value is -2.70. The molecular weight excluding hydrogens is 274 g/mol. The first-order chi connectivity index (χ1) is 10.1. The van der Waals surface area contributed by atoms with Gasteiger partial charge in [-0.1, -0.05) is 40.6 Å². The number of hydrogen-bond donors (Lipinski definition) is 2. The van der Waals surface area contributed by atoms with Crippen LogP contribution in [0.25, 0.3) is 0 Å². The van der Waals surface area contributed by atoms with Crippen molar-refractivity contribution in [3.05, 3.63) is 47.3 Å². The lowest BCUT2D eigenvalue weighted by Gasteiger charge is -2.17. The van der Waals surface area contributed by atoms with Gasteiger partial charge in [0.1, 0.15) is 11.4 Å². The Morgan fingerprint density at radius 3 is 2.57 bits per heavy atom. The van der Waals surface area contributed by atoms with Crippen LogP contribution < -0.4 is 5.32 Å². The van der Waals surface area contributed by atoms with Gasteiger partial charge in [-0.25, -0.2) is 4.63 Å². The van der Waals surface area contributed by atoms with E-state index >= 15 is 0 Å². The third kappa shape index (κ3) is 4.13. The number of aryl methyl sites for hydroxylation is 1. The minimum atomic E-state index is -0.983. The van der Waals surface area contributed by atoms with E-state index in [4.69, 9.17) is 5.11 Å². The lowest BCUT2D eigenvalue weighted by atomic mass is 10.0. The van der Waals surface area contributed by atoms with E-state index in [9.17, 15) is 9.59 Å². The van der Waals surface area contributed by atoms with Gasteiger partial charge in [-0.05, 0) is 12.5 Å². The number of carboxylic acid groups (broad SMARTS) is 1. The zero-order valence-electron chi connectivity index (χ0n) is 11.4. The summed E-state index contributed by atoms with van der Waals surface area (Å²) >= 11 is 0. The maximum atomic E-state index is 12.0. The van der Waals surface area contributed by atoms with E-state index in [0.717, 1.165) is 5.56 Å². The van der Waals surface area contributed by atoms with E-state index in [0.29, 0.717) is 11.4 Å². The number of amides is 1. The summed E-state index contributed by atoms with van der Waals surface area (Å²) in [6.07, 6.45) is -0.190. The molecule has 7 heteroatoms. The van der Waals surface area contributed by atoms with E-state index in [1.807, 2.05) is 6.07 Å². The summed E-state index contributed by atoms with van der Waals surface area (Å²) in [5, 5.41) is 18.9. The van der Waals surface area contributed by atoms with Crippen LogP contribution in [-0.4, -0.2) is 27.3 Å². The van der Waals surface area contributed by atoms with Gasteiger partial charge in [-0.2, -0.15) is 0 Å². The topological polar surface area (TPSA) is 105 Å². The standard InChI is InChI=1S/C14H15N3O4/c1-9-11(17-21-16-9)7-13(18)15-12(8-14(19)20)10-5-3-2-4-6-10/h2-6,12H,7-8H2,1H3,(H,15,18)(H,19,20)/t12-/m1/s1. The van der Waals surface area contributed by atoms with Gasteiger partial charge in [-0.3, -0.25) is 9.59 Å². The maximum absolute atomic E-state index is 12.0. The highest BCUT2D eigenvalue weighted by Gasteiger charge is 2.19. The molecule has 0 aliphatic carbocycles. The van der Waals surface area contributed by atoms with Crippen molar-refractivity contribution in [3.8, 4) is 0 Å². The Balaban J connectivity index is 2.06. The molecule has 1 atom stereocenters. The molecule has 0 spiro atoms. The molecule has 0 radical (unpaired) electrons. The number of benzene rings is 1. The lowest BCUT2D eigenvalue weighted by Crippen LogP contribution is -2.31. The van der Waals surface area contributed by atoms with Crippen molar-refractivity contribution in [1.82, 2.24) is 15.6 Å². The van der Waals surface area contributed by atoms with Crippen LogP contribution in [0.2, 0.25) is 0 Å². The lowest BCUT2D eigenvalue weighted by molar-refractivity contribution is -0.137. The summed E-state index contributed by atoms with van der Waals surface area (Å²) in [5.74, 6) is -1.31. The second kappa shape index (κ2) is 6.65. The van der Waals surface area contributed by atoms with Crippen molar-refractivity contribution in [2.45, 2.75) is 25.8 Å². The highest BCUT2D eigenvalue weighted by Crippen LogP contribution is 2.16. The zero-order chi connectivity index (χ0) is 15.2. The van der Waals surface area contributed by atoms with Gasteiger partial charge in [0.05, 0.1) is 18.9 Å². The number of nitrogens with zero attached hydrogens (tertiary/aromatic N) is 2. The number of carbonyl (C=O) groups excluding carboxylic acids is 1. The van der Waals surface area contributed by atoms with Gasteiger partial charge < -0.3 is 10.4 Å². The Labute approximate surface area is 120 Å². The Kier molecular flexibility index (Phi) is 4.65. The number of aromatic nitrogens is 2. The first-order valence-corrected chi connectivity index (χ1v) is 6.40. The van der Waals surface area contributed by atoms with Gasteiger partial charge in [0.25, 0.3) is 0 Å². The van der Waals surface area contributed by atoms with Crippen LogP contribution in [0, 0.1) is 6.92 Å². The highest BCUT2D eigenvalue weighted by atomic mass is 16.6. The third-order valence-electron chi connectivity index (χ3n) is 2.99. The molecule has 0 fully saturated rings. The summed E-state index contributed by atoms with van der Waals surface area (Å²) in [7, 11) is 0. The first kappa shape index (κ1) is 14.7. The molecule has 2 rings (SSSR count). The van der Waals surface area contributed by atoms with Crippen LogP contribution in [0.15, 0.2) is 35.0 Å². The zero-order valence-corrected chi connectivity index (χ0v) is 11.4. The van der Waals surface area contributed by atoms with Crippen molar-refractivity contribution >= 4 is 11.9 Å². The maximum Gasteiger partial charge on any atom is 0.305 e. The fourth-order valence-electron chi connectivity index (χ4n) is 1.92. The molecule has 110 valence electrons. The number of carboxylic acids is 1. The Morgan fingerprint density at radius 2 is 2.00 bits per heavy atom. The number of aliphatic carboxylic acids is 1. The summed E-state index contributed by atoms with van der Waals surface area (Å²) in [5.41, 5.74) is 1.72. The minimum absolute atomic E-state index is 0.00170. The van der Waals surface area contributed by atoms with Crippen molar-refractivity contribution in [2.75, 3.05) is 0 Å². The van der Waals surface area contributed by atoms with E-state index in [-0.39, 0.29) is 18.7 Å². The highest BCUT2D eigenvalue weighted by molar-refractivity contribution is 5.79. The quantitative estimate of drug-likeness (QED) is 0.829.